The summed E-state index contributed by atoms with van der Waals surface area (Å²) in [5.41, 5.74) is 5.96. The molecular weight excluding hydrogens is 270 g/mol. The van der Waals surface area contributed by atoms with E-state index in [4.69, 9.17) is 22.1 Å². The lowest BCUT2D eigenvalue weighted by molar-refractivity contribution is 0.147. The average Bonchev–Trinajstić information content (AvgIpc) is 2.88. The minimum Gasteiger partial charge on any atom is -0.449 e. The van der Waals surface area contributed by atoms with E-state index in [0.717, 1.165) is 5.56 Å². The van der Waals surface area contributed by atoms with Gasteiger partial charge in [0, 0.05) is 5.02 Å². The number of halogens is 1. The van der Waals surface area contributed by atoms with E-state index in [1.165, 1.54) is 0 Å². The third-order valence-electron chi connectivity index (χ3n) is 2.55. The van der Waals surface area contributed by atoms with E-state index >= 15 is 0 Å². The van der Waals surface area contributed by atoms with Gasteiger partial charge in [0.2, 0.25) is 0 Å². The third-order valence-corrected chi connectivity index (χ3v) is 2.78. The Morgan fingerprint density at radius 1 is 1.53 bits per heavy atom. The summed E-state index contributed by atoms with van der Waals surface area (Å²) in [6.45, 7) is 0.0960. The Bertz CT molecular complexity index is 546. The van der Waals surface area contributed by atoms with Gasteiger partial charge in [-0.15, -0.1) is 5.10 Å². The van der Waals surface area contributed by atoms with Crippen molar-refractivity contribution in [1.82, 2.24) is 20.6 Å². The lowest BCUT2D eigenvalue weighted by Crippen LogP contribution is -2.20. The van der Waals surface area contributed by atoms with Gasteiger partial charge < -0.3 is 10.5 Å². The van der Waals surface area contributed by atoms with Crippen molar-refractivity contribution in [3.8, 4) is 0 Å². The topological polar surface area (TPSA) is 107 Å². The number of hydrogen-bond donors (Lipinski definition) is 2. The quantitative estimate of drug-likeness (QED) is 0.858. The van der Waals surface area contributed by atoms with Crippen molar-refractivity contribution in [3.05, 3.63) is 40.7 Å². The molecule has 3 N–H and O–H groups in total. The molecule has 1 aromatic heterocycles. The van der Waals surface area contributed by atoms with Gasteiger partial charge >= 0.3 is 6.09 Å². The lowest BCUT2D eigenvalue weighted by Gasteiger charge is -2.13. The van der Waals surface area contributed by atoms with Crippen molar-refractivity contribution < 1.29 is 9.53 Å². The van der Waals surface area contributed by atoms with E-state index < -0.39 is 6.09 Å². The fourth-order valence-corrected chi connectivity index (χ4v) is 1.92. The van der Waals surface area contributed by atoms with Gasteiger partial charge in [-0.2, -0.15) is 0 Å². The predicted molar refractivity (Wildman–Crippen MR) is 67.6 cm³/mol. The first kappa shape index (κ1) is 13.3. The molecule has 1 amide bonds. The Morgan fingerprint density at radius 2 is 2.37 bits per heavy atom. The number of amides is 1. The van der Waals surface area contributed by atoms with Crippen LogP contribution in [0.15, 0.2) is 24.3 Å². The lowest BCUT2D eigenvalue weighted by atomic mass is 9.99. The zero-order valence-corrected chi connectivity index (χ0v) is 10.7. The molecule has 0 saturated carbocycles. The molecule has 1 heterocycles. The summed E-state index contributed by atoms with van der Waals surface area (Å²) in [4.78, 5) is 10.7. The molecule has 100 valence electrons. The number of nitrogens with zero attached hydrogens (tertiary/aromatic N) is 3. The monoisotopic (exact) mass is 281 g/mol. The number of hydrogen-bond acceptors (Lipinski definition) is 5. The van der Waals surface area contributed by atoms with Crippen molar-refractivity contribution in [2.75, 3.05) is 6.61 Å². The Kier molecular flexibility index (Phi) is 4.30. The average molecular weight is 282 g/mol. The molecule has 0 saturated heterocycles. The van der Waals surface area contributed by atoms with Crippen LogP contribution in [0.25, 0.3) is 0 Å². The number of aromatic amines is 1. The van der Waals surface area contributed by atoms with Crippen LogP contribution in [-0.2, 0) is 11.2 Å². The van der Waals surface area contributed by atoms with Gasteiger partial charge in [0.15, 0.2) is 5.82 Å². The van der Waals surface area contributed by atoms with Crippen LogP contribution >= 0.6 is 11.6 Å². The van der Waals surface area contributed by atoms with E-state index in [2.05, 4.69) is 20.6 Å². The summed E-state index contributed by atoms with van der Waals surface area (Å²) in [5, 5.41) is 14.2. The number of tetrazole rings is 1. The first-order valence-corrected chi connectivity index (χ1v) is 5.93. The number of ether oxygens (including phenoxy) is 1. The molecular formula is C11H12ClN5O2. The maximum Gasteiger partial charge on any atom is 0.404 e. The highest BCUT2D eigenvalue weighted by Gasteiger charge is 2.18. The molecule has 0 bridgehead atoms. The second-order valence-electron chi connectivity index (χ2n) is 3.95. The van der Waals surface area contributed by atoms with Gasteiger partial charge in [0.25, 0.3) is 0 Å². The molecule has 1 unspecified atom stereocenters. The number of carbonyl (C=O) groups is 1. The Morgan fingerprint density at radius 3 is 3.00 bits per heavy atom. The van der Waals surface area contributed by atoms with Gasteiger partial charge in [-0.3, -0.25) is 0 Å². The van der Waals surface area contributed by atoms with Crippen molar-refractivity contribution in [3.63, 3.8) is 0 Å². The van der Waals surface area contributed by atoms with Crippen molar-refractivity contribution in [2.45, 2.75) is 12.3 Å². The van der Waals surface area contributed by atoms with Gasteiger partial charge in [0.05, 0.1) is 5.92 Å². The van der Waals surface area contributed by atoms with Crippen LogP contribution in [-0.4, -0.2) is 33.3 Å². The zero-order chi connectivity index (χ0) is 13.7. The highest BCUT2D eigenvalue weighted by molar-refractivity contribution is 6.30. The smallest absolute Gasteiger partial charge is 0.404 e. The Balaban J connectivity index is 2.11. The summed E-state index contributed by atoms with van der Waals surface area (Å²) in [7, 11) is 0. The maximum absolute atomic E-state index is 10.7. The molecule has 19 heavy (non-hydrogen) atoms. The normalized spacial score (nSPS) is 12.1. The van der Waals surface area contributed by atoms with Crippen LogP contribution in [0.4, 0.5) is 4.79 Å². The molecule has 2 aromatic rings. The number of H-pyrrole nitrogens is 1. The number of carbonyl (C=O) groups excluding carboxylic acids is 1. The number of aromatic nitrogens is 4. The summed E-state index contributed by atoms with van der Waals surface area (Å²) >= 11 is 5.93. The first-order chi connectivity index (χ1) is 9.15. The molecule has 8 heteroatoms. The molecule has 0 aliphatic carbocycles. The van der Waals surface area contributed by atoms with Crippen LogP contribution in [0.1, 0.15) is 17.3 Å². The van der Waals surface area contributed by atoms with Crippen LogP contribution in [0.3, 0.4) is 0 Å². The van der Waals surface area contributed by atoms with Crippen molar-refractivity contribution in [1.29, 1.82) is 0 Å². The molecule has 0 spiro atoms. The van der Waals surface area contributed by atoms with Gasteiger partial charge in [-0.05, 0) is 34.5 Å². The minimum atomic E-state index is -0.830. The molecule has 7 nitrogen and oxygen atoms in total. The van der Waals surface area contributed by atoms with Gasteiger partial charge in [-0.1, -0.05) is 23.7 Å². The van der Waals surface area contributed by atoms with E-state index in [0.29, 0.717) is 17.3 Å². The third kappa shape index (κ3) is 3.92. The Labute approximate surface area is 114 Å². The summed E-state index contributed by atoms with van der Waals surface area (Å²) < 4.78 is 4.82. The molecule has 1 atom stereocenters. The first-order valence-electron chi connectivity index (χ1n) is 5.55. The van der Waals surface area contributed by atoms with Crippen LogP contribution in [0.2, 0.25) is 5.02 Å². The number of nitrogens with one attached hydrogen (secondary N) is 1. The minimum absolute atomic E-state index is 0.0960. The van der Waals surface area contributed by atoms with Crippen molar-refractivity contribution in [2.24, 2.45) is 5.73 Å². The van der Waals surface area contributed by atoms with Gasteiger partial charge in [0.1, 0.15) is 6.61 Å². The summed E-state index contributed by atoms with van der Waals surface area (Å²) in [6.07, 6.45) is -0.256. The number of primary amides is 1. The second-order valence-corrected chi connectivity index (χ2v) is 4.38. The summed E-state index contributed by atoms with van der Waals surface area (Å²) in [5.74, 6) is 0.321. The van der Waals surface area contributed by atoms with Crippen LogP contribution in [0.5, 0.6) is 0 Å². The van der Waals surface area contributed by atoms with E-state index in [-0.39, 0.29) is 12.5 Å². The largest absolute Gasteiger partial charge is 0.449 e. The zero-order valence-electron chi connectivity index (χ0n) is 9.91. The molecule has 2 rings (SSSR count). The van der Waals surface area contributed by atoms with E-state index in [1.54, 1.807) is 6.07 Å². The molecule has 0 aliphatic rings. The fraction of sp³-hybridized carbons (Fsp3) is 0.273. The van der Waals surface area contributed by atoms with E-state index in [1.807, 2.05) is 18.2 Å². The second kappa shape index (κ2) is 6.14. The number of nitrogens with two attached hydrogens (primary N) is 1. The summed E-state index contributed by atoms with van der Waals surface area (Å²) in [6, 6.07) is 7.40. The van der Waals surface area contributed by atoms with Gasteiger partial charge in [-0.25, -0.2) is 9.89 Å². The van der Waals surface area contributed by atoms with Crippen molar-refractivity contribution >= 4 is 17.7 Å². The number of benzene rings is 1. The fourth-order valence-electron chi connectivity index (χ4n) is 1.71. The van der Waals surface area contributed by atoms with Crippen LogP contribution in [0, 0.1) is 0 Å². The molecule has 1 aromatic carbocycles. The predicted octanol–water partition coefficient (Wildman–Crippen LogP) is 1.27. The number of rotatable bonds is 5. The highest BCUT2D eigenvalue weighted by atomic mass is 35.5. The highest BCUT2D eigenvalue weighted by Crippen LogP contribution is 2.20. The van der Waals surface area contributed by atoms with Crippen LogP contribution < -0.4 is 5.73 Å². The molecule has 0 radical (unpaired) electrons. The van der Waals surface area contributed by atoms with E-state index in [9.17, 15) is 4.79 Å². The SMILES string of the molecule is NC(=O)OCC(Cc1cccc(Cl)c1)c1nnn[nH]1. The Hall–Kier alpha value is -2.15. The molecule has 0 fully saturated rings. The standard InChI is InChI=1S/C11H12ClN5O2/c12-9-3-1-2-7(5-9)4-8(6-19-11(13)18)10-14-16-17-15-10/h1-3,5,8H,4,6H2,(H2,13,18)(H,14,15,16,17). The molecule has 0 aliphatic heterocycles. The maximum atomic E-state index is 10.7.